The Morgan fingerprint density at radius 3 is 3.00 bits per heavy atom. The third-order valence-electron chi connectivity index (χ3n) is 3.84. The molecule has 0 bridgehead atoms. The van der Waals surface area contributed by atoms with E-state index in [2.05, 4.69) is 0 Å². The Kier molecular flexibility index (Phi) is 2.83. The molecule has 0 aromatic carbocycles. The summed E-state index contributed by atoms with van der Waals surface area (Å²) in [5.41, 5.74) is -1.03. The van der Waals surface area contributed by atoms with Crippen molar-refractivity contribution in [3.05, 3.63) is 0 Å². The molecule has 0 amide bonds. The highest BCUT2D eigenvalue weighted by atomic mass is 17.0. The molecule has 18 heavy (non-hydrogen) atoms. The lowest BCUT2D eigenvalue weighted by Crippen LogP contribution is -2.55. The zero-order valence-corrected chi connectivity index (χ0v) is 10.6. The number of carbonyl (C=O) groups excluding carboxylic acids is 1. The molecule has 0 aliphatic carbocycles. The highest BCUT2D eigenvalue weighted by molar-refractivity contribution is 5.83. The van der Waals surface area contributed by atoms with Gasteiger partial charge in [-0.15, -0.1) is 0 Å². The van der Waals surface area contributed by atoms with Crippen molar-refractivity contribution in [2.24, 2.45) is 5.92 Å². The van der Waals surface area contributed by atoms with Crippen molar-refractivity contribution in [1.29, 1.82) is 0 Å². The third kappa shape index (κ3) is 1.28. The van der Waals surface area contributed by atoms with Crippen LogP contribution in [-0.2, 0) is 28.7 Å². The van der Waals surface area contributed by atoms with Crippen LogP contribution in [0, 0.1) is 5.92 Å². The lowest BCUT2D eigenvalue weighted by atomic mass is 9.80. The van der Waals surface area contributed by atoms with Gasteiger partial charge in [-0.1, -0.05) is 0 Å². The average Bonchev–Trinajstić information content (AvgIpc) is 2.93. The normalized spacial score (nSPS) is 46.4. The summed E-state index contributed by atoms with van der Waals surface area (Å²) in [6.07, 6.45) is -1.13. The summed E-state index contributed by atoms with van der Waals surface area (Å²) >= 11 is 0. The van der Waals surface area contributed by atoms with Gasteiger partial charge >= 0.3 is 5.97 Å². The monoisotopic (exact) mass is 259 g/mol. The van der Waals surface area contributed by atoms with E-state index in [1.165, 1.54) is 5.23 Å². The molecule has 3 heterocycles. The molecule has 7 nitrogen and oxygen atoms in total. The van der Waals surface area contributed by atoms with Crippen molar-refractivity contribution < 1.29 is 28.7 Å². The predicted octanol–water partition coefficient (Wildman–Crippen LogP) is -0.143. The molecule has 3 saturated heterocycles. The molecule has 0 spiro atoms. The number of hydroxylamine groups is 2. The summed E-state index contributed by atoms with van der Waals surface area (Å²) in [6.45, 7) is 4.21. The number of ether oxygens (including phenoxy) is 3. The molecule has 0 aromatic heterocycles. The fourth-order valence-electron chi connectivity index (χ4n) is 3.12. The third-order valence-corrected chi connectivity index (χ3v) is 3.84. The van der Waals surface area contributed by atoms with Crippen LogP contribution in [0.4, 0.5) is 0 Å². The molecule has 1 unspecified atom stereocenters. The number of carbonyl (C=O) groups is 1. The molecule has 5 atom stereocenters. The molecule has 0 radical (unpaired) electrons. The second-order valence-corrected chi connectivity index (χ2v) is 4.66. The maximum absolute atomic E-state index is 12.4. The molecular weight excluding hydrogens is 242 g/mol. The van der Waals surface area contributed by atoms with Crippen molar-refractivity contribution in [2.45, 2.75) is 37.9 Å². The molecule has 7 heteroatoms. The number of esters is 1. The van der Waals surface area contributed by atoms with E-state index in [9.17, 15) is 4.79 Å². The fraction of sp³-hybridized carbons (Fsp3) is 0.909. The number of hydrogen-bond donors (Lipinski definition) is 0. The highest BCUT2D eigenvalue weighted by Gasteiger charge is 2.76. The van der Waals surface area contributed by atoms with Gasteiger partial charge in [-0.05, 0) is 19.1 Å². The van der Waals surface area contributed by atoms with Crippen LogP contribution in [0.25, 0.3) is 0 Å². The van der Waals surface area contributed by atoms with Crippen LogP contribution < -0.4 is 0 Å². The first kappa shape index (κ1) is 12.3. The van der Waals surface area contributed by atoms with Gasteiger partial charge in [0.1, 0.15) is 12.7 Å². The van der Waals surface area contributed by atoms with E-state index in [0.717, 1.165) is 0 Å². The minimum Gasteiger partial charge on any atom is -0.464 e. The molecule has 102 valence electrons. The average molecular weight is 259 g/mol. The molecule has 3 aliphatic rings. The summed E-state index contributed by atoms with van der Waals surface area (Å²) < 4.78 is 16.2. The van der Waals surface area contributed by atoms with Crippen molar-refractivity contribution >= 4 is 5.97 Å². The lowest BCUT2D eigenvalue weighted by Gasteiger charge is -2.27. The van der Waals surface area contributed by atoms with E-state index < -0.39 is 17.9 Å². The Labute approximate surface area is 105 Å². The molecule has 0 N–H and O–H groups in total. The molecule has 0 saturated carbocycles. The van der Waals surface area contributed by atoms with Crippen LogP contribution in [0.15, 0.2) is 0 Å². The second kappa shape index (κ2) is 4.14. The Balaban J connectivity index is 2.01. The maximum Gasteiger partial charge on any atom is 0.335 e. The standard InChI is InChI=1S/C11H17NO6/c1-4-15-10(13)11-7-5-16-12(11)18-6(2)8(11)9(14-3)17-7/h6-9H,4-5H2,1-3H3/t6-,7+,8+,9?,11-/m0/s1. The van der Waals surface area contributed by atoms with E-state index >= 15 is 0 Å². The summed E-state index contributed by atoms with van der Waals surface area (Å²) in [5.74, 6) is -0.629. The van der Waals surface area contributed by atoms with E-state index in [0.29, 0.717) is 6.61 Å². The van der Waals surface area contributed by atoms with Crippen molar-refractivity contribution in [1.82, 2.24) is 5.23 Å². The minimum atomic E-state index is -1.03. The Hall–Kier alpha value is -0.730. The smallest absolute Gasteiger partial charge is 0.335 e. The van der Waals surface area contributed by atoms with Gasteiger partial charge < -0.3 is 14.2 Å². The van der Waals surface area contributed by atoms with Crippen LogP contribution in [0.5, 0.6) is 0 Å². The summed E-state index contributed by atoms with van der Waals surface area (Å²) in [7, 11) is 1.56. The van der Waals surface area contributed by atoms with Gasteiger partial charge in [0.25, 0.3) is 0 Å². The van der Waals surface area contributed by atoms with Gasteiger partial charge in [0.05, 0.1) is 18.6 Å². The molecule has 0 aromatic rings. The van der Waals surface area contributed by atoms with Crippen molar-refractivity contribution in [2.75, 3.05) is 20.3 Å². The molecule has 3 aliphatic heterocycles. The molecule has 3 rings (SSSR count). The van der Waals surface area contributed by atoms with Crippen LogP contribution >= 0.6 is 0 Å². The largest absolute Gasteiger partial charge is 0.464 e. The van der Waals surface area contributed by atoms with Crippen LogP contribution in [0.3, 0.4) is 0 Å². The van der Waals surface area contributed by atoms with Crippen LogP contribution in [0.1, 0.15) is 13.8 Å². The SMILES string of the molecule is CCOC(=O)[C@@]12[C@H]3CON1O[C@@H](C)[C@@H]2C(OC)O3. The Morgan fingerprint density at radius 1 is 1.56 bits per heavy atom. The lowest BCUT2D eigenvalue weighted by molar-refractivity contribution is -0.353. The first-order chi connectivity index (χ1) is 8.66. The first-order valence-corrected chi connectivity index (χ1v) is 6.11. The van der Waals surface area contributed by atoms with Gasteiger partial charge in [0.2, 0.25) is 5.54 Å². The van der Waals surface area contributed by atoms with Crippen LogP contribution in [0.2, 0.25) is 0 Å². The van der Waals surface area contributed by atoms with Crippen LogP contribution in [-0.4, -0.2) is 55.6 Å². The number of methoxy groups -OCH3 is 1. The molecule has 3 fully saturated rings. The first-order valence-electron chi connectivity index (χ1n) is 6.11. The highest BCUT2D eigenvalue weighted by Crippen LogP contribution is 2.53. The van der Waals surface area contributed by atoms with Crippen molar-refractivity contribution in [3.63, 3.8) is 0 Å². The van der Waals surface area contributed by atoms with Gasteiger partial charge in [-0.2, -0.15) is 0 Å². The zero-order chi connectivity index (χ0) is 12.9. The van der Waals surface area contributed by atoms with Crippen molar-refractivity contribution in [3.8, 4) is 0 Å². The Morgan fingerprint density at radius 2 is 2.33 bits per heavy atom. The van der Waals surface area contributed by atoms with E-state index in [4.69, 9.17) is 23.9 Å². The maximum atomic E-state index is 12.4. The molecular formula is C11H17NO6. The van der Waals surface area contributed by atoms with Gasteiger partial charge in [0.15, 0.2) is 6.29 Å². The summed E-state index contributed by atoms with van der Waals surface area (Å²) in [5, 5.41) is 1.25. The van der Waals surface area contributed by atoms with Gasteiger partial charge in [-0.3, -0.25) is 9.68 Å². The van der Waals surface area contributed by atoms with Gasteiger partial charge in [0, 0.05) is 7.11 Å². The quantitative estimate of drug-likeness (QED) is 0.653. The van der Waals surface area contributed by atoms with E-state index in [-0.39, 0.29) is 24.6 Å². The van der Waals surface area contributed by atoms with E-state index in [1.807, 2.05) is 6.92 Å². The Bertz CT molecular complexity index is 363. The van der Waals surface area contributed by atoms with E-state index in [1.54, 1.807) is 14.0 Å². The second-order valence-electron chi connectivity index (χ2n) is 4.66. The summed E-state index contributed by atoms with van der Waals surface area (Å²) in [6, 6.07) is 0. The number of nitrogens with zero attached hydrogens (tertiary/aromatic N) is 1. The fourth-order valence-corrected chi connectivity index (χ4v) is 3.12. The van der Waals surface area contributed by atoms with Gasteiger partial charge in [-0.25, -0.2) is 4.79 Å². The number of rotatable bonds is 3. The number of hydrogen-bond acceptors (Lipinski definition) is 7. The topological polar surface area (TPSA) is 66.5 Å². The predicted molar refractivity (Wildman–Crippen MR) is 56.9 cm³/mol. The minimum absolute atomic E-state index is 0.232. The zero-order valence-electron chi connectivity index (χ0n) is 10.6. The summed E-state index contributed by atoms with van der Waals surface area (Å²) in [4.78, 5) is 23.3.